The number of thiol groups is 1. The average Bonchev–Trinajstić information content (AvgIpc) is 2.40. The molecule has 0 fully saturated rings. The van der Waals surface area contributed by atoms with E-state index >= 15 is 0 Å². The number of carbonyl (C=O) groups excluding carboxylic acids is 1. The van der Waals surface area contributed by atoms with Gasteiger partial charge in [-0.2, -0.15) is 0 Å². The number of pyridine rings is 1. The second kappa shape index (κ2) is 6.01. The third-order valence-electron chi connectivity index (χ3n) is 3.20. The number of hydrogen-bond acceptors (Lipinski definition) is 2. The average molecular weight is 259 g/mol. The summed E-state index contributed by atoms with van der Waals surface area (Å²) in [6.07, 6.45) is 10.3. The van der Waals surface area contributed by atoms with Crippen molar-refractivity contribution in [1.82, 2.24) is 4.98 Å². The molecule has 2 nitrogen and oxygen atoms in total. The van der Waals surface area contributed by atoms with Gasteiger partial charge in [0.2, 0.25) is 5.12 Å². The number of nitrogens with zero attached hydrogens (tertiary/aromatic N) is 1. The molecule has 1 aliphatic carbocycles. The Kier molecular flexibility index (Phi) is 4.37. The van der Waals surface area contributed by atoms with Crippen LogP contribution in [0.25, 0.3) is 0 Å². The lowest BCUT2D eigenvalue weighted by atomic mass is 9.92. The molecule has 0 bridgehead atoms. The highest BCUT2D eigenvalue weighted by Crippen LogP contribution is 2.27. The van der Waals surface area contributed by atoms with Crippen molar-refractivity contribution in [2.24, 2.45) is 0 Å². The summed E-state index contributed by atoms with van der Waals surface area (Å²) in [6.45, 7) is 3.71. The molecule has 0 radical (unpaired) electrons. The van der Waals surface area contributed by atoms with Gasteiger partial charge in [0.1, 0.15) is 0 Å². The normalized spacial score (nSPS) is 18.6. The minimum absolute atomic E-state index is 0.231. The Hall–Kier alpha value is -1.35. The first-order chi connectivity index (χ1) is 8.72. The van der Waals surface area contributed by atoms with Gasteiger partial charge in [0.05, 0.1) is 11.3 Å². The van der Waals surface area contributed by atoms with Gasteiger partial charge < -0.3 is 0 Å². The molecular formula is C15H17NOS. The molecule has 18 heavy (non-hydrogen) atoms. The summed E-state index contributed by atoms with van der Waals surface area (Å²) >= 11 is 3.88. The Morgan fingerprint density at radius 1 is 1.56 bits per heavy atom. The minimum Gasteiger partial charge on any atom is -0.282 e. The smallest absolute Gasteiger partial charge is 0.218 e. The van der Waals surface area contributed by atoms with Crippen molar-refractivity contribution in [1.29, 1.82) is 0 Å². The van der Waals surface area contributed by atoms with E-state index < -0.39 is 0 Å². The summed E-state index contributed by atoms with van der Waals surface area (Å²) in [6, 6.07) is 3.77. The van der Waals surface area contributed by atoms with E-state index in [0.29, 0.717) is 17.9 Å². The second-order valence-electron chi connectivity index (χ2n) is 4.49. The van der Waals surface area contributed by atoms with Gasteiger partial charge in [-0.3, -0.25) is 9.78 Å². The number of allylic oxidation sites excluding steroid dienone is 3. The fourth-order valence-corrected chi connectivity index (χ4v) is 2.47. The van der Waals surface area contributed by atoms with Gasteiger partial charge in [0.25, 0.3) is 0 Å². The van der Waals surface area contributed by atoms with E-state index in [1.54, 1.807) is 6.08 Å². The van der Waals surface area contributed by atoms with Crippen LogP contribution in [0.4, 0.5) is 0 Å². The highest BCUT2D eigenvalue weighted by Gasteiger charge is 2.15. The van der Waals surface area contributed by atoms with Crippen LogP contribution in [-0.4, -0.2) is 10.1 Å². The van der Waals surface area contributed by atoms with Gasteiger partial charge in [-0.05, 0) is 31.4 Å². The summed E-state index contributed by atoms with van der Waals surface area (Å²) in [5, 5.41) is -0.231. The number of rotatable bonds is 4. The van der Waals surface area contributed by atoms with Crippen molar-refractivity contribution < 1.29 is 4.79 Å². The maximum Gasteiger partial charge on any atom is 0.218 e. The first-order valence-corrected chi connectivity index (χ1v) is 6.67. The Bertz CT molecular complexity index is 493. The van der Waals surface area contributed by atoms with E-state index in [9.17, 15) is 4.79 Å². The molecule has 1 atom stereocenters. The molecule has 0 amide bonds. The lowest BCUT2D eigenvalue weighted by molar-refractivity contribution is 0.109. The third-order valence-corrected chi connectivity index (χ3v) is 3.44. The van der Waals surface area contributed by atoms with Gasteiger partial charge in [-0.1, -0.05) is 18.2 Å². The zero-order valence-corrected chi connectivity index (χ0v) is 11.2. The monoisotopic (exact) mass is 259 g/mol. The van der Waals surface area contributed by atoms with E-state index in [1.807, 2.05) is 12.1 Å². The van der Waals surface area contributed by atoms with Crippen LogP contribution in [0, 0.1) is 0 Å². The molecule has 0 saturated heterocycles. The summed E-state index contributed by atoms with van der Waals surface area (Å²) in [7, 11) is 0. The number of carbonyl (C=O) groups is 1. The molecule has 3 heteroatoms. The van der Waals surface area contributed by atoms with Gasteiger partial charge >= 0.3 is 0 Å². The van der Waals surface area contributed by atoms with E-state index in [1.165, 1.54) is 6.42 Å². The summed E-state index contributed by atoms with van der Waals surface area (Å²) in [5.41, 5.74) is 2.41. The topological polar surface area (TPSA) is 30.0 Å². The van der Waals surface area contributed by atoms with E-state index in [4.69, 9.17) is 0 Å². The molecule has 2 rings (SSSR count). The Balaban J connectivity index is 2.35. The zero-order chi connectivity index (χ0) is 13.0. The molecule has 1 heterocycles. The van der Waals surface area contributed by atoms with E-state index in [-0.39, 0.29) is 5.12 Å². The SMILES string of the molecule is C=CCc1nc(C2C=CCCC2)ccc1C(=O)S. The molecule has 0 aromatic carbocycles. The lowest BCUT2D eigenvalue weighted by Gasteiger charge is -2.17. The summed E-state index contributed by atoms with van der Waals surface area (Å²) in [5.74, 6) is 0.381. The van der Waals surface area contributed by atoms with Crippen molar-refractivity contribution in [2.45, 2.75) is 31.6 Å². The fourth-order valence-electron chi connectivity index (χ4n) is 2.27. The van der Waals surface area contributed by atoms with Crippen molar-refractivity contribution >= 4 is 17.7 Å². The zero-order valence-electron chi connectivity index (χ0n) is 10.3. The molecule has 1 aromatic heterocycles. The van der Waals surface area contributed by atoms with Gasteiger partial charge in [0, 0.05) is 18.0 Å². The maximum atomic E-state index is 11.4. The van der Waals surface area contributed by atoms with E-state index in [2.05, 4.69) is 36.3 Å². The van der Waals surface area contributed by atoms with E-state index in [0.717, 1.165) is 24.2 Å². The van der Waals surface area contributed by atoms with Crippen LogP contribution in [0.2, 0.25) is 0 Å². The predicted molar refractivity (Wildman–Crippen MR) is 77.2 cm³/mol. The van der Waals surface area contributed by atoms with Crippen molar-refractivity contribution in [3.05, 3.63) is 53.9 Å². The molecule has 94 valence electrons. The molecule has 0 N–H and O–H groups in total. The van der Waals surface area contributed by atoms with Crippen LogP contribution in [-0.2, 0) is 6.42 Å². The Morgan fingerprint density at radius 3 is 3.00 bits per heavy atom. The minimum atomic E-state index is -0.231. The van der Waals surface area contributed by atoms with Crippen LogP contribution >= 0.6 is 12.6 Å². The van der Waals surface area contributed by atoms with Crippen LogP contribution in [0.1, 0.15) is 46.9 Å². The van der Waals surface area contributed by atoms with Crippen molar-refractivity contribution in [3.63, 3.8) is 0 Å². The van der Waals surface area contributed by atoms with Crippen LogP contribution in [0.3, 0.4) is 0 Å². The highest BCUT2D eigenvalue weighted by atomic mass is 32.1. The first-order valence-electron chi connectivity index (χ1n) is 6.23. The largest absolute Gasteiger partial charge is 0.282 e. The Morgan fingerprint density at radius 2 is 2.39 bits per heavy atom. The molecular weight excluding hydrogens is 242 g/mol. The summed E-state index contributed by atoms with van der Waals surface area (Å²) in [4.78, 5) is 16.0. The van der Waals surface area contributed by atoms with Gasteiger partial charge in [-0.15, -0.1) is 19.2 Å². The van der Waals surface area contributed by atoms with Crippen LogP contribution in [0.5, 0.6) is 0 Å². The third kappa shape index (κ3) is 2.91. The lowest BCUT2D eigenvalue weighted by Crippen LogP contribution is -2.07. The second-order valence-corrected chi connectivity index (χ2v) is 4.90. The predicted octanol–water partition coefficient (Wildman–Crippen LogP) is 3.70. The standard InChI is InChI=1S/C15H17NOS/c1-2-6-14-12(15(17)18)9-10-13(16-14)11-7-4-3-5-8-11/h2,4,7,9-11H,1,3,5-6,8H2,(H,17,18). The molecule has 1 aromatic rings. The Labute approximate surface area is 113 Å². The van der Waals surface area contributed by atoms with Gasteiger partial charge in [0.15, 0.2) is 0 Å². The molecule has 0 spiro atoms. The van der Waals surface area contributed by atoms with Crippen LogP contribution < -0.4 is 0 Å². The van der Waals surface area contributed by atoms with Crippen LogP contribution in [0.15, 0.2) is 36.9 Å². The fraction of sp³-hybridized carbons (Fsp3) is 0.333. The quantitative estimate of drug-likeness (QED) is 0.660. The molecule has 0 saturated carbocycles. The molecule has 1 aliphatic rings. The number of aromatic nitrogens is 1. The summed E-state index contributed by atoms with van der Waals surface area (Å²) < 4.78 is 0. The highest BCUT2D eigenvalue weighted by molar-refractivity contribution is 7.97. The van der Waals surface area contributed by atoms with Gasteiger partial charge in [-0.25, -0.2) is 0 Å². The van der Waals surface area contributed by atoms with Crippen molar-refractivity contribution in [3.8, 4) is 0 Å². The molecule has 0 aliphatic heterocycles. The van der Waals surface area contributed by atoms with Crippen molar-refractivity contribution in [2.75, 3.05) is 0 Å². The maximum absolute atomic E-state index is 11.4. The molecule has 1 unspecified atom stereocenters. The first kappa shape index (κ1) is 13.1. The number of hydrogen-bond donors (Lipinski definition) is 1.